The topological polar surface area (TPSA) is 221 Å². The third-order valence-electron chi connectivity index (χ3n) is 8.13. The van der Waals surface area contributed by atoms with Gasteiger partial charge in [0.1, 0.15) is 25.5 Å². The van der Waals surface area contributed by atoms with Crippen LogP contribution < -0.4 is 0 Å². The maximum absolute atomic E-state index is 13.4. The Hall–Kier alpha value is -5.88. The standard InChI is InChI=1S/C33H30N4O13S/c1-20(48-17-21-2-8-24(9-3-21)35(41)42)29-27-16-28(51-15-14-47-33(40)50-19-23-6-12-26(13-7-23)37(45)46)30(34(27)31(29)38)32(39)49-18-22-4-10-25(11-5-22)36(43)44/h2-13,20,27,29H,14-19H2,1H3/t20?,27-,29?/m1/s1. The summed E-state index contributed by atoms with van der Waals surface area (Å²) in [6, 6.07) is 16.4. The van der Waals surface area contributed by atoms with Crippen molar-refractivity contribution in [1.29, 1.82) is 0 Å². The van der Waals surface area contributed by atoms with Gasteiger partial charge >= 0.3 is 12.1 Å². The SMILES string of the molecule is CC(OCc1ccc([N+](=O)[O-])cc1)C1C(=O)N2C(C(=O)OCc3ccc([N+](=O)[O-])cc3)=C(SCCOC(=O)OCc3ccc([N+](=O)[O-])cc3)C[C@H]12. The second kappa shape index (κ2) is 16.2. The minimum atomic E-state index is -0.963. The zero-order valence-electron chi connectivity index (χ0n) is 26.9. The Labute approximate surface area is 293 Å². The van der Waals surface area contributed by atoms with Gasteiger partial charge in [-0.2, -0.15) is 0 Å². The van der Waals surface area contributed by atoms with Crippen LogP contribution in [0.1, 0.15) is 30.0 Å². The van der Waals surface area contributed by atoms with Gasteiger partial charge in [-0.3, -0.25) is 35.1 Å². The number of thioether (sulfide) groups is 1. The number of nitro benzene ring substituents is 3. The Morgan fingerprint density at radius 2 is 1.24 bits per heavy atom. The molecular formula is C33H30N4O13S. The van der Waals surface area contributed by atoms with E-state index < -0.39 is 45.0 Å². The van der Waals surface area contributed by atoms with E-state index >= 15 is 0 Å². The number of hydrogen-bond donors (Lipinski definition) is 0. The van der Waals surface area contributed by atoms with Crippen LogP contribution in [0.25, 0.3) is 0 Å². The van der Waals surface area contributed by atoms with E-state index in [1.807, 2.05) is 0 Å². The van der Waals surface area contributed by atoms with Gasteiger partial charge in [-0.1, -0.05) is 0 Å². The smallest absolute Gasteiger partial charge is 0.456 e. The van der Waals surface area contributed by atoms with E-state index in [0.717, 1.165) is 0 Å². The van der Waals surface area contributed by atoms with Crippen molar-refractivity contribution in [2.45, 2.75) is 45.3 Å². The number of nitrogens with zero attached hydrogens (tertiary/aromatic N) is 4. The lowest BCUT2D eigenvalue weighted by Gasteiger charge is -2.45. The van der Waals surface area contributed by atoms with Crippen LogP contribution in [0.3, 0.4) is 0 Å². The van der Waals surface area contributed by atoms with Gasteiger partial charge in [-0.05, 0) is 60.0 Å². The number of β-lactam (4-membered cyclic amide) rings is 1. The van der Waals surface area contributed by atoms with E-state index in [1.54, 1.807) is 19.1 Å². The fourth-order valence-corrected chi connectivity index (χ4v) is 6.52. The van der Waals surface area contributed by atoms with Crippen molar-refractivity contribution in [3.8, 4) is 0 Å². The first-order valence-corrected chi connectivity index (χ1v) is 16.4. The number of nitro groups is 3. The number of benzene rings is 3. The van der Waals surface area contributed by atoms with Gasteiger partial charge in [-0.15, -0.1) is 11.8 Å². The van der Waals surface area contributed by atoms with E-state index in [4.69, 9.17) is 18.9 Å². The molecule has 1 amide bonds. The van der Waals surface area contributed by atoms with Gasteiger partial charge in [0.15, 0.2) is 0 Å². The first kappa shape index (κ1) is 36.4. The third kappa shape index (κ3) is 8.84. The lowest BCUT2D eigenvalue weighted by Crippen LogP contribution is -2.62. The first-order valence-electron chi connectivity index (χ1n) is 15.4. The van der Waals surface area contributed by atoms with E-state index in [2.05, 4.69) is 0 Å². The molecule has 2 aliphatic rings. The van der Waals surface area contributed by atoms with Crippen LogP contribution in [0.4, 0.5) is 21.9 Å². The molecule has 0 radical (unpaired) electrons. The summed E-state index contributed by atoms with van der Waals surface area (Å²) < 4.78 is 21.7. The largest absolute Gasteiger partial charge is 0.508 e. The predicted octanol–water partition coefficient (Wildman–Crippen LogP) is 5.59. The number of esters is 1. The molecule has 266 valence electrons. The molecule has 3 aromatic rings. The highest BCUT2D eigenvalue weighted by Gasteiger charge is 2.57. The quantitative estimate of drug-likeness (QED) is 0.0578. The maximum atomic E-state index is 13.4. The average Bonchev–Trinajstić information content (AvgIpc) is 3.45. The van der Waals surface area contributed by atoms with Crippen molar-refractivity contribution in [3.05, 3.63) is 130 Å². The highest BCUT2D eigenvalue weighted by atomic mass is 32.2. The number of carbonyl (C=O) groups is 3. The maximum Gasteiger partial charge on any atom is 0.508 e. The lowest BCUT2D eigenvalue weighted by atomic mass is 9.83. The monoisotopic (exact) mass is 722 g/mol. The highest BCUT2D eigenvalue weighted by molar-refractivity contribution is 8.03. The van der Waals surface area contributed by atoms with Gasteiger partial charge in [0.05, 0.1) is 39.4 Å². The Morgan fingerprint density at radius 1 is 0.765 bits per heavy atom. The molecule has 3 aromatic carbocycles. The van der Waals surface area contributed by atoms with Gasteiger partial charge < -0.3 is 23.8 Å². The van der Waals surface area contributed by atoms with Crippen LogP contribution in [0.15, 0.2) is 83.4 Å². The number of amides is 1. The molecule has 0 bridgehead atoms. The number of fused-ring (bicyclic) bond motifs is 1. The number of non-ortho nitro benzene ring substituents is 3. The van der Waals surface area contributed by atoms with Crippen molar-refractivity contribution >= 4 is 46.9 Å². The molecule has 0 N–H and O–H groups in total. The van der Waals surface area contributed by atoms with Crippen molar-refractivity contribution < 1.29 is 48.1 Å². The summed E-state index contributed by atoms with van der Waals surface area (Å²) in [5.41, 5.74) is 1.47. The third-order valence-corrected chi connectivity index (χ3v) is 9.21. The predicted molar refractivity (Wildman–Crippen MR) is 178 cm³/mol. The second-order valence-corrected chi connectivity index (χ2v) is 12.6. The molecule has 0 aliphatic carbocycles. The van der Waals surface area contributed by atoms with Gasteiger partial charge in [0, 0.05) is 53.5 Å². The fraction of sp³-hybridized carbons (Fsp3) is 0.303. The van der Waals surface area contributed by atoms with Crippen LogP contribution in [0, 0.1) is 36.3 Å². The van der Waals surface area contributed by atoms with E-state index in [9.17, 15) is 44.7 Å². The Kier molecular flexibility index (Phi) is 11.6. The first-order chi connectivity index (χ1) is 24.4. The molecule has 2 heterocycles. The van der Waals surface area contributed by atoms with E-state index in [1.165, 1.54) is 77.3 Å². The summed E-state index contributed by atoms with van der Waals surface area (Å²) in [5, 5.41) is 32.7. The van der Waals surface area contributed by atoms with Crippen LogP contribution >= 0.6 is 11.8 Å². The van der Waals surface area contributed by atoms with Crippen molar-refractivity contribution in [1.82, 2.24) is 4.90 Å². The molecule has 51 heavy (non-hydrogen) atoms. The fourth-order valence-electron chi connectivity index (χ4n) is 5.50. The van der Waals surface area contributed by atoms with Crippen molar-refractivity contribution in [3.63, 3.8) is 0 Å². The molecule has 0 spiro atoms. The number of hydrogen-bond acceptors (Lipinski definition) is 14. The van der Waals surface area contributed by atoms with Gasteiger partial charge in [0.25, 0.3) is 17.1 Å². The molecule has 1 saturated heterocycles. The zero-order valence-corrected chi connectivity index (χ0v) is 27.7. The molecule has 0 saturated carbocycles. The molecule has 1 fully saturated rings. The minimum Gasteiger partial charge on any atom is -0.456 e. The van der Waals surface area contributed by atoms with Crippen LogP contribution in [0.2, 0.25) is 0 Å². The summed E-state index contributed by atoms with van der Waals surface area (Å²) in [6.45, 7) is 1.37. The molecule has 5 rings (SSSR count). The average molecular weight is 723 g/mol. The Morgan fingerprint density at radius 3 is 1.73 bits per heavy atom. The Bertz CT molecular complexity index is 1850. The van der Waals surface area contributed by atoms with Gasteiger partial charge in [-0.25, -0.2) is 9.59 Å². The number of rotatable bonds is 16. The molecule has 2 aliphatic heterocycles. The summed E-state index contributed by atoms with van der Waals surface area (Å²) in [7, 11) is 0. The molecule has 18 heteroatoms. The normalized spacial score (nSPS) is 16.9. The zero-order chi connectivity index (χ0) is 36.7. The van der Waals surface area contributed by atoms with Gasteiger partial charge in [0.2, 0.25) is 5.91 Å². The van der Waals surface area contributed by atoms with Crippen molar-refractivity contribution in [2.75, 3.05) is 12.4 Å². The summed E-state index contributed by atoms with van der Waals surface area (Å²) in [5.74, 6) is -1.51. The highest BCUT2D eigenvalue weighted by Crippen LogP contribution is 2.48. The number of ether oxygens (including phenoxy) is 4. The summed E-state index contributed by atoms with van der Waals surface area (Å²) >= 11 is 1.20. The molecular weight excluding hydrogens is 692 g/mol. The molecule has 3 atom stereocenters. The lowest BCUT2D eigenvalue weighted by molar-refractivity contribution is -0.385. The van der Waals surface area contributed by atoms with E-state index in [-0.39, 0.29) is 60.8 Å². The van der Waals surface area contributed by atoms with Crippen LogP contribution in [-0.2, 0) is 48.4 Å². The molecule has 2 unspecified atom stereocenters. The summed E-state index contributed by atoms with van der Waals surface area (Å²) in [4.78, 5) is 72.0. The summed E-state index contributed by atoms with van der Waals surface area (Å²) in [6.07, 6.45) is -1.22. The van der Waals surface area contributed by atoms with Crippen LogP contribution in [0.5, 0.6) is 0 Å². The second-order valence-electron chi connectivity index (χ2n) is 11.4. The molecule has 17 nitrogen and oxygen atoms in total. The number of carbonyl (C=O) groups excluding carboxylic acids is 3. The van der Waals surface area contributed by atoms with E-state index in [0.29, 0.717) is 28.0 Å². The Balaban J connectivity index is 1.19. The molecule has 0 aromatic heterocycles. The minimum absolute atomic E-state index is 0.0523. The van der Waals surface area contributed by atoms with Crippen molar-refractivity contribution in [2.24, 2.45) is 5.92 Å². The van der Waals surface area contributed by atoms with Crippen LogP contribution in [-0.4, -0.2) is 62.2 Å².